The Hall–Kier alpha value is -1.56. The van der Waals surface area contributed by atoms with Crippen molar-refractivity contribution in [2.45, 2.75) is 6.42 Å². The van der Waals surface area contributed by atoms with E-state index in [9.17, 15) is 4.39 Å². The first-order valence-electron chi connectivity index (χ1n) is 3.08. The molecule has 0 saturated carbocycles. The fraction of sp³-hybridized carbons (Fsp3) is 0.125. The number of nitrogens with zero attached hydrogens (tertiary/aromatic N) is 1. The maximum Gasteiger partial charge on any atom is 0.123 e. The Morgan fingerprint density at radius 1 is 1.55 bits per heavy atom. The molecule has 2 nitrogen and oxygen atoms in total. The molecular formula is C8H6FNO. The second-order valence-electron chi connectivity index (χ2n) is 2.11. The van der Waals surface area contributed by atoms with Gasteiger partial charge >= 0.3 is 0 Å². The van der Waals surface area contributed by atoms with Gasteiger partial charge < -0.3 is 5.11 Å². The van der Waals surface area contributed by atoms with Crippen molar-refractivity contribution in [1.29, 1.82) is 5.26 Å². The van der Waals surface area contributed by atoms with Gasteiger partial charge in [0.05, 0.1) is 12.5 Å². The minimum Gasteiger partial charge on any atom is -0.508 e. The average molecular weight is 151 g/mol. The molecule has 1 rings (SSSR count). The number of nitriles is 1. The van der Waals surface area contributed by atoms with Gasteiger partial charge in [-0.2, -0.15) is 5.26 Å². The molecule has 3 heteroatoms. The second-order valence-corrected chi connectivity index (χ2v) is 2.11. The van der Waals surface area contributed by atoms with Crippen LogP contribution in [0.3, 0.4) is 0 Å². The van der Waals surface area contributed by atoms with Crippen molar-refractivity contribution in [1.82, 2.24) is 0 Å². The van der Waals surface area contributed by atoms with Crippen molar-refractivity contribution >= 4 is 0 Å². The minimum absolute atomic E-state index is 0.0313. The molecule has 0 radical (unpaired) electrons. The van der Waals surface area contributed by atoms with Gasteiger partial charge in [-0.1, -0.05) is 0 Å². The summed E-state index contributed by atoms with van der Waals surface area (Å²) in [5, 5.41) is 17.3. The molecule has 0 aliphatic heterocycles. The highest BCUT2D eigenvalue weighted by atomic mass is 19.1. The first kappa shape index (κ1) is 7.55. The minimum atomic E-state index is -0.437. The molecule has 0 spiro atoms. The maximum absolute atomic E-state index is 12.4. The van der Waals surface area contributed by atoms with Gasteiger partial charge in [-0.05, 0) is 18.2 Å². The van der Waals surface area contributed by atoms with E-state index >= 15 is 0 Å². The van der Waals surface area contributed by atoms with Crippen LogP contribution in [-0.2, 0) is 6.42 Å². The maximum atomic E-state index is 12.4. The monoisotopic (exact) mass is 151 g/mol. The van der Waals surface area contributed by atoms with Crippen LogP contribution >= 0.6 is 0 Å². The molecule has 0 bridgehead atoms. The van der Waals surface area contributed by atoms with Gasteiger partial charge in [-0.3, -0.25) is 0 Å². The average Bonchev–Trinajstić information content (AvgIpc) is 1.98. The molecule has 0 unspecified atom stereocenters. The molecule has 11 heavy (non-hydrogen) atoms. The third-order valence-corrected chi connectivity index (χ3v) is 1.31. The van der Waals surface area contributed by atoms with Gasteiger partial charge in [-0.15, -0.1) is 0 Å². The van der Waals surface area contributed by atoms with E-state index in [1.807, 2.05) is 6.07 Å². The van der Waals surface area contributed by atoms with Gasteiger partial charge in [0, 0.05) is 5.56 Å². The van der Waals surface area contributed by atoms with Crippen LogP contribution < -0.4 is 0 Å². The van der Waals surface area contributed by atoms with Crippen LogP contribution in [0.15, 0.2) is 18.2 Å². The predicted molar refractivity (Wildman–Crippen MR) is 37.4 cm³/mol. The number of hydrogen-bond acceptors (Lipinski definition) is 2. The van der Waals surface area contributed by atoms with Gasteiger partial charge in [0.15, 0.2) is 0 Å². The van der Waals surface area contributed by atoms with Gasteiger partial charge in [0.1, 0.15) is 11.6 Å². The summed E-state index contributed by atoms with van der Waals surface area (Å²) in [4.78, 5) is 0. The van der Waals surface area contributed by atoms with E-state index in [4.69, 9.17) is 10.4 Å². The summed E-state index contributed by atoms with van der Waals surface area (Å²) in [6.45, 7) is 0. The molecule has 1 N–H and O–H groups in total. The van der Waals surface area contributed by atoms with Gasteiger partial charge in [0.25, 0.3) is 0 Å². The third kappa shape index (κ3) is 1.68. The van der Waals surface area contributed by atoms with Crippen LogP contribution in [0.5, 0.6) is 5.75 Å². The van der Waals surface area contributed by atoms with Crippen molar-refractivity contribution in [3.63, 3.8) is 0 Å². The van der Waals surface area contributed by atoms with Gasteiger partial charge in [0.2, 0.25) is 0 Å². The molecule has 0 aliphatic rings. The summed E-state index contributed by atoms with van der Waals surface area (Å²) >= 11 is 0. The number of phenols is 1. The largest absolute Gasteiger partial charge is 0.508 e. The molecule has 0 amide bonds. The molecular weight excluding hydrogens is 145 g/mol. The number of rotatable bonds is 1. The normalized spacial score (nSPS) is 9.09. The van der Waals surface area contributed by atoms with E-state index in [-0.39, 0.29) is 12.2 Å². The van der Waals surface area contributed by atoms with Crippen molar-refractivity contribution in [2.24, 2.45) is 0 Å². The van der Waals surface area contributed by atoms with Crippen LogP contribution in [0.25, 0.3) is 0 Å². The first-order valence-corrected chi connectivity index (χ1v) is 3.08. The zero-order chi connectivity index (χ0) is 8.27. The van der Waals surface area contributed by atoms with Gasteiger partial charge in [-0.25, -0.2) is 4.39 Å². The quantitative estimate of drug-likeness (QED) is 0.662. The van der Waals surface area contributed by atoms with Crippen LogP contribution in [0, 0.1) is 17.1 Å². The van der Waals surface area contributed by atoms with E-state index in [0.29, 0.717) is 5.56 Å². The smallest absolute Gasteiger partial charge is 0.123 e. The standard InChI is InChI=1S/C8H6FNO/c9-7-1-2-8(11)6(5-7)3-4-10/h1-2,5,11H,3H2. The lowest BCUT2D eigenvalue weighted by Crippen LogP contribution is -1.84. The lowest BCUT2D eigenvalue weighted by atomic mass is 10.1. The van der Waals surface area contributed by atoms with E-state index < -0.39 is 5.82 Å². The van der Waals surface area contributed by atoms with Crippen LogP contribution in [-0.4, -0.2) is 5.11 Å². The van der Waals surface area contributed by atoms with Crippen molar-refractivity contribution in [2.75, 3.05) is 0 Å². The van der Waals surface area contributed by atoms with Crippen molar-refractivity contribution < 1.29 is 9.50 Å². The summed E-state index contributed by atoms with van der Waals surface area (Å²) in [7, 11) is 0. The molecule has 56 valence electrons. The highest BCUT2D eigenvalue weighted by Gasteiger charge is 2.00. The Bertz CT molecular complexity index is 303. The molecule has 0 heterocycles. The van der Waals surface area contributed by atoms with E-state index in [0.717, 1.165) is 12.1 Å². The third-order valence-electron chi connectivity index (χ3n) is 1.31. The number of aromatic hydroxyl groups is 1. The Morgan fingerprint density at radius 3 is 2.91 bits per heavy atom. The van der Waals surface area contributed by atoms with E-state index in [1.165, 1.54) is 6.07 Å². The van der Waals surface area contributed by atoms with Crippen molar-refractivity contribution in [3.8, 4) is 11.8 Å². The summed E-state index contributed by atoms with van der Waals surface area (Å²) in [6, 6.07) is 5.36. The zero-order valence-corrected chi connectivity index (χ0v) is 5.71. The second kappa shape index (κ2) is 3.02. The summed E-state index contributed by atoms with van der Waals surface area (Å²) in [6.07, 6.45) is 0.0313. The lowest BCUT2D eigenvalue weighted by Gasteiger charge is -1.97. The first-order chi connectivity index (χ1) is 5.24. The molecule has 0 atom stereocenters. The Labute approximate surface area is 63.5 Å². The Balaban J connectivity index is 3.05. The molecule has 0 aliphatic carbocycles. The highest BCUT2D eigenvalue weighted by Crippen LogP contribution is 2.17. The summed E-state index contributed by atoms with van der Waals surface area (Å²) in [5.41, 5.74) is 0.326. The summed E-state index contributed by atoms with van der Waals surface area (Å²) in [5.74, 6) is -0.471. The lowest BCUT2D eigenvalue weighted by molar-refractivity contribution is 0.467. The molecule has 0 aromatic heterocycles. The zero-order valence-electron chi connectivity index (χ0n) is 5.71. The Kier molecular flexibility index (Phi) is 2.07. The molecule has 1 aromatic carbocycles. The van der Waals surface area contributed by atoms with E-state index in [2.05, 4.69) is 0 Å². The SMILES string of the molecule is N#CCc1cc(F)ccc1O. The number of benzene rings is 1. The number of halogens is 1. The molecule has 0 fully saturated rings. The highest BCUT2D eigenvalue weighted by molar-refractivity contribution is 5.34. The van der Waals surface area contributed by atoms with Crippen LogP contribution in [0.4, 0.5) is 4.39 Å². The van der Waals surface area contributed by atoms with Crippen molar-refractivity contribution in [3.05, 3.63) is 29.6 Å². The summed E-state index contributed by atoms with van der Waals surface area (Å²) < 4.78 is 12.4. The predicted octanol–water partition coefficient (Wildman–Crippen LogP) is 1.60. The van der Waals surface area contributed by atoms with E-state index in [1.54, 1.807) is 0 Å². The molecule has 1 aromatic rings. The topological polar surface area (TPSA) is 44.0 Å². The Morgan fingerprint density at radius 2 is 2.27 bits per heavy atom. The number of hydrogen-bond donors (Lipinski definition) is 1. The molecule has 0 saturated heterocycles. The number of phenolic OH excluding ortho intramolecular Hbond substituents is 1. The van der Waals surface area contributed by atoms with Crippen LogP contribution in [0.1, 0.15) is 5.56 Å². The fourth-order valence-electron chi connectivity index (χ4n) is 0.781. The fourth-order valence-corrected chi connectivity index (χ4v) is 0.781. The van der Waals surface area contributed by atoms with Crippen LogP contribution in [0.2, 0.25) is 0 Å².